The Morgan fingerprint density at radius 1 is 1.24 bits per heavy atom. The van der Waals surface area contributed by atoms with E-state index in [1.165, 1.54) is 32.1 Å². The summed E-state index contributed by atoms with van der Waals surface area (Å²) in [5.74, 6) is 0. The lowest BCUT2D eigenvalue weighted by atomic mass is 10.0. The van der Waals surface area contributed by atoms with E-state index >= 15 is 0 Å². The van der Waals surface area contributed by atoms with Crippen LogP contribution in [0.3, 0.4) is 0 Å². The van der Waals surface area contributed by atoms with Crippen LogP contribution in [-0.4, -0.2) is 30.2 Å². The van der Waals surface area contributed by atoms with Crippen LogP contribution < -0.4 is 0 Å². The van der Waals surface area contributed by atoms with E-state index in [1.54, 1.807) is 0 Å². The van der Waals surface area contributed by atoms with Gasteiger partial charge in [-0.15, -0.1) is 0 Å². The summed E-state index contributed by atoms with van der Waals surface area (Å²) in [5.41, 5.74) is 0. The van der Waals surface area contributed by atoms with Gasteiger partial charge in [0.25, 0.3) is 0 Å². The van der Waals surface area contributed by atoms with Crippen LogP contribution in [0.2, 0.25) is 0 Å². The van der Waals surface area contributed by atoms with Gasteiger partial charge in [-0.2, -0.15) is 0 Å². The molecule has 0 aromatic rings. The first-order chi connectivity index (χ1) is 8.29. The van der Waals surface area contributed by atoms with Crippen molar-refractivity contribution in [3.05, 3.63) is 0 Å². The molecule has 0 N–H and O–H groups in total. The molecule has 0 spiro atoms. The summed E-state index contributed by atoms with van der Waals surface area (Å²) < 4.78 is 5.11. The van der Waals surface area contributed by atoms with Crippen molar-refractivity contribution >= 4 is 6.09 Å². The molecule has 1 heterocycles. The standard InChI is InChI=1S/C14H27NO2/c1-3-5-6-7-8-10-13(4-2)15-11-9-12-17-14(15)16/h13H,3-12H2,1-2H3. The van der Waals surface area contributed by atoms with Crippen LogP contribution >= 0.6 is 0 Å². The van der Waals surface area contributed by atoms with Crippen LogP contribution in [0, 0.1) is 0 Å². The highest BCUT2D eigenvalue weighted by atomic mass is 16.6. The van der Waals surface area contributed by atoms with Crippen molar-refractivity contribution in [2.45, 2.75) is 71.3 Å². The lowest BCUT2D eigenvalue weighted by molar-refractivity contribution is 0.0518. The van der Waals surface area contributed by atoms with Gasteiger partial charge >= 0.3 is 6.09 Å². The number of ether oxygens (including phenoxy) is 1. The summed E-state index contributed by atoms with van der Waals surface area (Å²) >= 11 is 0. The van der Waals surface area contributed by atoms with E-state index in [4.69, 9.17) is 4.74 Å². The molecule has 1 amide bonds. The summed E-state index contributed by atoms with van der Waals surface area (Å²) in [6.45, 7) is 5.88. The molecule has 3 nitrogen and oxygen atoms in total. The van der Waals surface area contributed by atoms with E-state index in [0.717, 1.165) is 25.8 Å². The van der Waals surface area contributed by atoms with Gasteiger partial charge in [0.05, 0.1) is 6.61 Å². The number of cyclic esters (lactones) is 1. The van der Waals surface area contributed by atoms with Crippen molar-refractivity contribution in [3.63, 3.8) is 0 Å². The lowest BCUT2D eigenvalue weighted by Gasteiger charge is -2.33. The number of nitrogens with zero attached hydrogens (tertiary/aromatic N) is 1. The van der Waals surface area contributed by atoms with Crippen molar-refractivity contribution in [1.29, 1.82) is 0 Å². The van der Waals surface area contributed by atoms with Gasteiger partial charge in [0.15, 0.2) is 0 Å². The van der Waals surface area contributed by atoms with Crippen LogP contribution in [0.15, 0.2) is 0 Å². The van der Waals surface area contributed by atoms with Crippen molar-refractivity contribution in [3.8, 4) is 0 Å². The minimum atomic E-state index is -0.100. The molecule has 1 unspecified atom stereocenters. The van der Waals surface area contributed by atoms with Crippen LogP contribution in [-0.2, 0) is 4.74 Å². The maximum absolute atomic E-state index is 11.6. The van der Waals surface area contributed by atoms with E-state index < -0.39 is 0 Å². The van der Waals surface area contributed by atoms with Crippen LogP contribution in [0.4, 0.5) is 4.79 Å². The molecular formula is C14H27NO2. The fourth-order valence-corrected chi connectivity index (χ4v) is 2.46. The number of rotatable bonds is 8. The lowest BCUT2D eigenvalue weighted by Crippen LogP contribution is -2.44. The van der Waals surface area contributed by atoms with E-state index in [9.17, 15) is 4.79 Å². The minimum Gasteiger partial charge on any atom is -0.449 e. The second kappa shape index (κ2) is 8.37. The Hall–Kier alpha value is -0.730. The Morgan fingerprint density at radius 3 is 2.65 bits per heavy atom. The monoisotopic (exact) mass is 241 g/mol. The molecule has 0 aromatic carbocycles. The van der Waals surface area contributed by atoms with E-state index in [-0.39, 0.29) is 6.09 Å². The molecule has 0 bridgehead atoms. The maximum Gasteiger partial charge on any atom is 0.410 e. The second-order valence-electron chi connectivity index (χ2n) is 4.93. The Bertz CT molecular complexity index is 218. The topological polar surface area (TPSA) is 29.5 Å². The predicted octanol–water partition coefficient (Wildman–Crippen LogP) is 3.97. The van der Waals surface area contributed by atoms with Gasteiger partial charge in [0.1, 0.15) is 0 Å². The summed E-state index contributed by atoms with van der Waals surface area (Å²) in [7, 11) is 0. The third kappa shape index (κ3) is 4.97. The molecule has 0 radical (unpaired) electrons. The van der Waals surface area contributed by atoms with Crippen molar-refractivity contribution in [2.24, 2.45) is 0 Å². The van der Waals surface area contributed by atoms with Gasteiger partial charge in [0.2, 0.25) is 0 Å². The van der Waals surface area contributed by atoms with E-state index in [0.29, 0.717) is 12.6 Å². The zero-order valence-electron chi connectivity index (χ0n) is 11.4. The number of carbonyl (C=O) groups is 1. The predicted molar refractivity (Wildman–Crippen MR) is 70.1 cm³/mol. The van der Waals surface area contributed by atoms with Crippen LogP contribution in [0.25, 0.3) is 0 Å². The molecule has 1 saturated heterocycles. The summed E-state index contributed by atoms with van der Waals surface area (Å²) in [6.07, 6.45) is 9.55. The summed E-state index contributed by atoms with van der Waals surface area (Å²) in [6, 6.07) is 0.393. The highest BCUT2D eigenvalue weighted by Crippen LogP contribution is 2.18. The van der Waals surface area contributed by atoms with Crippen LogP contribution in [0.1, 0.15) is 65.2 Å². The molecule has 1 atom stereocenters. The van der Waals surface area contributed by atoms with Gasteiger partial charge in [-0.05, 0) is 19.3 Å². The molecule has 1 aliphatic heterocycles. The molecule has 100 valence electrons. The first kappa shape index (κ1) is 14.3. The van der Waals surface area contributed by atoms with Crippen molar-refractivity contribution < 1.29 is 9.53 Å². The number of hydrogen-bond donors (Lipinski definition) is 0. The van der Waals surface area contributed by atoms with Gasteiger partial charge in [-0.3, -0.25) is 0 Å². The molecule has 0 saturated carbocycles. The number of carbonyl (C=O) groups excluding carboxylic acids is 1. The first-order valence-electron chi connectivity index (χ1n) is 7.23. The fourth-order valence-electron chi connectivity index (χ4n) is 2.46. The number of hydrogen-bond acceptors (Lipinski definition) is 2. The zero-order chi connectivity index (χ0) is 12.5. The molecule has 17 heavy (non-hydrogen) atoms. The second-order valence-corrected chi connectivity index (χ2v) is 4.93. The molecule has 1 aliphatic rings. The average molecular weight is 241 g/mol. The fraction of sp³-hybridized carbons (Fsp3) is 0.929. The average Bonchev–Trinajstić information content (AvgIpc) is 2.35. The van der Waals surface area contributed by atoms with Gasteiger partial charge in [-0.1, -0.05) is 46.0 Å². The van der Waals surface area contributed by atoms with Gasteiger partial charge in [0, 0.05) is 12.6 Å². The maximum atomic E-state index is 11.6. The first-order valence-corrected chi connectivity index (χ1v) is 7.23. The highest BCUT2D eigenvalue weighted by Gasteiger charge is 2.25. The normalized spacial score (nSPS) is 18.0. The Balaban J connectivity index is 2.24. The molecule has 0 aromatic heterocycles. The number of unbranched alkanes of at least 4 members (excludes halogenated alkanes) is 4. The van der Waals surface area contributed by atoms with Gasteiger partial charge < -0.3 is 9.64 Å². The Labute approximate surface area is 106 Å². The van der Waals surface area contributed by atoms with E-state index in [1.807, 2.05) is 4.90 Å². The molecule has 0 aliphatic carbocycles. The summed E-state index contributed by atoms with van der Waals surface area (Å²) in [4.78, 5) is 13.6. The van der Waals surface area contributed by atoms with Crippen molar-refractivity contribution in [1.82, 2.24) is 4.90 Å². The molecule has 1 rings (SSSR count). The Kier molecular flexibility index (Phi) is 7.06. The van der Waals surface area contributed by atoms with Crippen molar-refractivity contribution in [2.75, 3.05) is 13.2 Å². The van der Waals surface area contributed by atoms with E-state index in [2.05, 4.69) is 13.8 Å². The SMILES string of the molecule is CCCCCCCC(CC)N1CCCOC1=O. The number of amides is 1. The minimum absolute atomic E-state index is 0.100. The zero-order valence-corrected chi connectivity index (χ0v) is 11.4. The summed E-state index contributed by atoms with van der Waals surface area (Å²) in [5, 5.41) is 0. The van der Waals surface area contributed by atoms with Crippen LogP contribution in [0.5, 0.6) is 0 Å². The molecule has 1 fully saturated rings. The van der Waals surface area contributed by atoms with Gasteiger partial charge in [-0.25, -0.2) is 4.79 Å². The largest absolute Gasteiger partial charge is 0.449 e. The Morgan fingerprint density at radius 2 is 2.00 bits per heavy atom. The molecular weight excluding hydrogens is 214 g/mol. The third-order valence-corrected chi connectivity index (χ3v) is 3.56. The smallest absolute Gasteiger partial charge is 0.410 e. The molecule has 3 heteroatoms. The third-order valence-electron chi connectivity index (χ3n) is 3.56. The quantitative estimate of drug-likeness (QED) is 0.602. The highest BCUT2D eigenvalue weighted by molar-refractivity contribution is 5.68.